The molecule has 0 radical (unpaired) electrons. The van der Waals surface area contributed by atoms with Gasteiger partial charge >= 0.3 is 6.03 Å². The van der Waals surface area contributed by atoms with Crippen LogP contribution in [0.2, 0.25) is 0 Å². The summed E-state index contributed by atoms with van der Waals surface area (Å²) in [6.45, 7) is 1.80. The Labute approximate surface area is 87.3 Å². The molecule has 4 heteroatoms. The molecular weight excluding hydrogens is 190 g/mol. The van der Waals surface area contributed by atoms with E-state index in [0.717, 1.165) is 17.0 Å². The number of hydrogen-bond donors (Lipinski definition) is 1. The van der Waals surface area contributed by atoms with Gasteiger partial charge in [-0.15, -0.1) is 0 Å². The van der Waals surface area contributed by atoms with Gasteiger partial charge in [0.15, 0.2) is 0 Å². The van der Waals surface area contributed by atoms with Crippen LogP contribution in [0, 0.1) is 6.92 Å². The number of amides is 1. The van der Waals surface area contributed by atoms with Crippen LogP contribution in [-0.2, 0) is 0 Å². The fourth-order valence-electron chi connectivity index (χ4n) is 1.45. The zero-order chi connectivity index (χ0) is 10.8. The van der Waals surface area contributed by atoms with Gasteiger partial charge in [-0.2, -0.15) is 9.78 Å². The van der Waals surface area contributed by atoms with Crippen molar-refractivity contribution >= 4 is 6.03 Å². The van der Waals surface area contributed by atoms with Crippen molar-refractivity contribution in [1.29, 1.82) is 0 Å². The van der Waals surface area contributed by atoms with Crippen molar-refractivity contribution < 1.29 is 4.79 Å². The van der Waals surface area contributed by atoms with E-state index in [1.54, 1.807) is 6.92 Å². The Balaban J connectivity index is 2.48. The van der Waals surface area contributed by atoms with Crippen LogP contribution in [0.1, 0.15) is 5.69 Å². The molecule has 0 aliphatic heterocycles. The lowest BCUT2D eigenvalue weighted by Gasteiger charge is -1.95. The number of carbonyl (C=O) groups is 1. The predicted molar refractivity (Wildman–Crippen MR) is 57.4 cm³/mol. The fourth-order valence-corrected chi connectivity index (χ4v) is 1.45. The number of hydrogen-bond acceptors (Lipinski definition) is 2. The van der Waals surface area contributed by atoms with E-state index in [2.05, 4.69) is 5.10 Å². The Morgan fingerprint density at radius 1 is 1.33 bits per heavy atom. The molecule has 4 nitrogen and oxygen atoms in total. The number of aryl methyl sites for hydroxylation is 1. The van der Waals surface area contributed by atoms with E-state index in [0.29, 0.717) is 0 Å². The van der Waals surface area contributed by atoms with Gasteiger partial charge in [0, 0.05) is 11.3 Å². The molecule has 15 heavy (non-hydrogen) atoms. The smallest absolute Gasteiger partial charge is 0.339 e. The Morgan fingerprint density at radius 2 is 2.00 bits per heavy atom. The maximum absolute atomic E-state index is 11.0. The Morgan fingerprint density at radius 3 is 2.53 bits per heavy atom. The second kappa shape index (κ2) is 3.57. The second-order valence-electron chi connectivity index (χ2n) is 3.29. The number of carbonyl (C=O) groups excluding carboxylic acids is 1. The average Bonchev–Trinajstić information content (AvgIpc) is 2.62. The van der Waals surface area contributed by atoms with Gasteiger partial charge in [-0.1, -0.05) is 30.3 Å². The number of aromatic nitrogens is 2. The van der Waals surface area contributed by atoms with Crippen LogP contribution in [0.15, 0.2) is 36.4 Å². The number of primary amides is 1. The van der Waals surface area contributed by atoms with Gasteiger partial charge in [0.05, 0.1) is 5.69 Å². The molecule has 0 saturated carbocycles. The van der Waals surface area contributed by atoms with Crippen LogP contribution in [-0.4, -0.2) is 15.8 Å². The molecule has 0 unspecified atom stereocenters. The summed E-state index contributed by atoms with van der Waals surface area (Å²) in [6, 6.07) is 10.9. The van der Waals surface area contributed by atoms with Gasteiger partial charge in [-0.05, 0) is 13.0 Å². The topological polar surface area (TPSA) is 60.9 Å². The molecule has 2 N–H and O–H groups in total. The molecule has 1 heterocycles. The van der Waals surface area contributed by atoms with E-state index in [4.69, 9.17) is 5.73 Å². The van der Waals surface area contributed by atoms with E-state index in [1.807, 2.05) is 36.4 Å². The van der Waals surface area contributed by atoms with Gasteiger partial charge in [0.2, 0.25) is 0 Å². The highest BCUT2D eigenvalue weighted by molar-refractivity contribution is 5.75. The third kappa shape index (κ3) is 1.74. The summed E-state index contributed by atoms with van der Waals surface area (Å²) in [5.74, 6) is 0. The lowest BCUT2D eigenvalue weighted by Crippen LogP contribution is -2.21. The van der Waals surface area contributed by atoms with Crippen molar-refractivity contribution in [3.63, 3.8) is 0 Å². The third-order valence-electron chi connectivity index (χ3n) is 2.17. The molecule has 2 rings (SSSR count). The molecule has 1 aromatic heterocycles. The van der Waals surface area contributed by atoms with Crippen LogP contribution in [0.4, 0.5) is 4.79 Å². The van der Waals surface area contributed by atoms with Crippen LogP contribution < -0.4 is 5.73 Å². The van der Waals surface area contributed by atoms with Crippen LogP contribution in [0.3, 0.4) is 0 Å². The maximum Gasteiger partial charge on any atom is 0.339 e. The summed E-state index contributed by atoms with van der Waals surface area (Å²) in [5, 5.41) is 4.12. The summed E-state index contributed by atoms with van der Waals surface area (Å²) in [4.78, 5) is 11.0. The molecule has 0 bridgehead atoms. The van der Waals surface area contributed by atoms with Gasteiger partial charge < -0.3 is 5.73 Å². The molecule has 0 atom stereocenters. The molecule has 0 aliphatic rings. The minimum atomic E-state index is -0.560. The van der Waals surface area contributed by atoms with Gasteiger partial charge in [-0.3, -0.25) is 0 Å². The Hall–Kier alpha value is -2.10. The normalized spacial score (nSPS) is 10.2. The first kappa shape index (κ1) is 9.45. The summed E-state index contributed by atoms with van der Waals surface area (Å²) in [5.41, 5.74) is 7.63. The van der Waals surface area contributed by atoms with E-state index in [9.17, 15) is 4.79 Å². The van der Waals surface area contributed by atoms with E-state index >= 15 is 0 Å². The van der Waals surface area contributed by atoms with E-state index in [-0.39, 0.29) is 0 Å². The van der Waals surface area contributed by atoms with Crippen LogP contribution in [0.25, 0.3) is 11.3 Å². The summed E-state index contributed by atoms with van der Waals surface area (Å²) < 4.78 is 1.20. The van der Waals surface area contributed by atoms with Crippen molar-refractivity contribution in [2.24, 2.45) is 5.73 Å². The van der Waals surface area contributed by atoms with Crippen LogP contribution >= 0.6 is 0 Å². The quantitative estimate of drug-likeness (QED) is 0.764. The molecule has 76 valence electrons. The summed E-state index contributed by atoms with van der Waals surface area (Å²) in [7, 11) is 0. The first-order valence-electron chi connectivity index (χ1n) is 4.60. The molecule has 0 fully saturated rings. The molecular formula is C11H11N3O. The highest BCUT2D eigenvalue weighted by atomic mass is 16.2. The average molecular weight is 201 g/mol. The SMILES string of the molecule is Cc1cc(-c2ccccc2)nn1C(N)=O. The number of nitrogens with zero attached hydrogens (tertiary/aromatic N) is 2. The summed E-state index contributed by atoms with van der Waals surface area (Å²) in [6.07, 6.45) is 0. The van der Waals surface area contributed by atoms with Crippen molar-refractivity contribution in [3.8, 4) is 11.3 Å². The zero-order valence-electron chi connectivity index (χ0n) is 8.34. The first-order valence-corrected chi connectivity index (χ1v) is 4.60. The van der Waals surface area contributed by atoms with Crippen molar-refractivity contribution in [3.05, 3.63) is 42.1 Å². The largest absolute Gasteiger partial charge is 0.350 e. The van der Waals surface area contributed by atoms with E-state index < -0.39 is 6.03 Å². The van der Waals surface area contributed by atoms with Crippen molar-refractivity contribution in [2.45, 2.75) is 6.92 Å². The lowest BCUT2D eigenvalue weighted by molar-refractivity contribution is 0.247. The highest BCUT2D eigenvalue weighted by Gasteiger charge is 2.08. The number of nitrogens with two attached hydrogens (primary N) is 1. The van der Waals surface area contributed by atoms with Crippen LogP contribution in [0.5, 0.6) is 0 Å². The first-order chi connectivity index (χ1) is 7.18. The molecule has 1 amide bonds. The van der Waals surface area contributed by atoms with Crippen molar-refractivity contribution in [1.82, 2.24) is 9.78 Å². The third-order valence-corrected chi connectivity index (χ3v) is 2.17. The lowest BCUT2D eigenvalue weighted by atomic mass is 10.1. The number of benzene rings is 1. The Bertz CT molecular complexity index is 488. The molecule has 0 aliphatic carbocycles. The zero-order valence-corrected chi connectivity index (χ0v) is 8.34. The highest BCUT2D eigenvalue weighted by Crippen LogP contribution is 2.17. The molecule has 0 saturated heterocycles. The predicted octanol–water partition coefficient (Wildman–Crippen LogP) is 1.79. The minimum absolute atomic E-state index is 0.560. The second-order valence-corrected chi connectivity index (χ2v) is 3.29. The minimum Gasteiger partial charge on any atom is -0.350 e. The van der Waals surface area contributed by atoms with Gasteiger partial charge in [0.1, 0.15) is 0 Å². The van der Waals surface area contributed by atoms with Gasteiger partial charge in [-0.25, -0.2) is 4.79 Å². The number of rotatable bonds is 1. The summed E-state index contributed by atoms with van der Waals surface area (Å²) >= 11 is 0. The molecule has 1 aromatic carbocycles. The van der Waals surface area contributed by atoms with E-state index in [1.165, 1.54) is 4.68 Å². The standard InChI is InChI=1S/C11H11N3O/c1-8-7-10(13-14(8)11(12)15)9-5-3-2-4-6-9/h2-7H,1H3,(H2,12,15). The molecule has 0 spiro atoms. The van der Waals surface area contributed by atoms with Gasteiger partial charge in [0.25, 0.3) is 0 Å². The monoisotopic (exact) mass is 201 g/mol. The maximum atomic E-state index is 11.0. The fraction of sp³-hybridized carbons (Fsp3) is 0.0909. The molecule has 2 aromatic rings. The Kier molecular flexibility index (Phi) is 2.25. The van der Waals surface area contributed by atoms with Crippen molar-refractivity contribution in [2.75, 3.05) is 0 Å².